The van der Waals surface area contributed by atoms with Gasteiger partial charge in [0.25, 0.3) is 0 Å². The van der Waals surface area contributed by atoms with Crippen molar-refractivity contribution in [2.24, 2.45) is 4.99 Å². The van der Waals surface area contributed by atoms with Crippen molar-refractivity contribution in [2.45, 2.75) is 45.1 Å². The molecule has 2 aliphatic rings. The fraction of sp³-hybridized carbons (Fsp3) is 0.321. The number of methoxy groups -OCH3 is 1. The van der Waals surface area contributed by atoms with Crippen molar-refractivity contribution in [3.05, 3.63) is 65.4 Å². The molecule has 0 bridgehead atoms. The molecule has 7 nitrogen and oxygen atoms in total. The average molecular weight is 472 g/mol. The lowest BCUT2D eigenvalue weighted by molar-refractivity contribution is 0.0527. The standard InChI is InChI=1S/C28H29N3O4/c1-3-35-28(33)25-22-17-21(19-14-15-23(32)24(16-19)34-2)27(29-20-12-8-5-9-13-20)31(22)30-26(25)18-10-6-4-7-11-18/h4,6-7,10-11,14-17,20,32H,3,5,8-9,12-13H2,1-2H3. The Bertz CT molecular complexity index is 1300. The smallest absolute Gasteiger partial charge is 0.342 e. The summed E-state index contributed by atoms with van der Waals surface area (Å²) < 4.78 is 12.6. The summed E-state index contributed by atoms with van der Waals surface area (Å²) in [4.78, 5) is 18.3. The lowest BCUT2D eigenvalue weighted by Gasteiger charge is -2.19. The van der Waals surface area contributed by atoms with Gasteiger partial charge in [-0.25, -0.2) is 9.48 Å². The molecule has 0 radical (unpaired) electrons. The van der Waals surface area contributed by atoms with E-state index in [9.17, 15) is 9.90 Å². The van der Waals surface area contributed by atoms with Crippen LogP contribution in [0.25, 0.3) is 22.9 Å². The Kier molecular flexibility index (Phi) is 6.40. The van der Waals surface area contributed by atoms with E-state index < -0.39 is 5.97 Å². The molecule has 1 aliphatic carbocycles. The molecule has 1 aromatic heterocycles. The maximum atomic E-state index is 13.1. The molecule has 0 saturated heterocycles. The highest BCUT2D eigenvalue weighted by atomic mass is 16.5. The van der Waals surface area contributed by atoms with Gasteiger partial charge in [-0.15, -0.1) is 0 Å². The number of fused-ring (bicyclic) bond motifs is 1. The highest BCUT2D eigenvalue weighted by Gasteiger charge is 2.33. The van der Waals surface area contributed by atoms with E-state index in [0.29, 0.717) is 28.5 Å². The second-order valence-corrected chi connectivity index (χ2v) is 8.80. The van der Waals surface area contributed by atoms with Crippen LogP contribution < -0.4 is 4.74 Å². The molecule has 1 fully saturated rings. The number of esters is 1. The van der Waals surface area contributed by atoms with Crippen molar-refractivity contribution in [1.82, 2.24) is 9.78 Å². The van der Waals surface area contributed by atoms with Crippen LogP contribution in [0.15, 0.2) is 53.5 Å². The van der Waals surface area contributed by atoms with Crippen LogP contribution in [0.4, 0.5) is 0 Å². The van der Waals surface area contributed by atoms with Gasteiger partial charge in [0, 0.05) is 11.1 Å². The monoisotopic (exact) mass is 471 g/mol. The van der Waals surface area contributed by atoms with E-state index >= 15 is 0 Å². The largest absolute Gasteiger partial charge is 0.504 e. The molecule has 180 valence electrons. The molecule has 0 spiro atoms. The molecular formula is C28H29N3O4. The fourth-order valence-corrected chi connectivity index (χ4v) is 4.81. The lowest BCUT2D eigenvalue weighted by Crippen LogP contribution is -2.18. The van der Waals surface area contributed by atoms with Gasteiger partial charge in [-0.2, -0.15) is 5.10 Å². The molecule has 5 rings (SSSR count). The number of phenols is 1. The Hall–Kier alpha value is -3.87. The molecule has 0 atom stereocenters. The number of hydrogen-bond acceptors (Lipinski definition) is 6. The number of aromatic nitrogens is 2. The van der Waals surface area contributed by atoms with Gasteiger partial charge in [0.05, 0.1) is 25.5 Å². The number of rotatable bonds is 6. The number of phenolic OH excluding ortho intramolecular Hbond substituents is 1. The minimum Gasteiger partial charge on any atom is -0.504 e. The number of hydrogen-bond donors (Lipinski definition) is 1. The summed E-state index contributed by atoms with van der Waals surface area (Å²) in [7, 11) is 1.52. The number of benzene rings is 2. The summed E-state index contributed by atoms with van der Waals surface area (Å²) >= 11 is 0. The molecule has 2 heterocycles. The molecule has 7 heteroatoms. The first-order valence-corrected chi connectivity index (χ1v) is 12.1. The number of carbonyl (C=O) groups is 1. The summed E-state index contributed by atoms with van der Waals surface area (Å²) in [5.74, 6) is 0.732. The zero-order valence-corrected chi connectivity index (χ0v) is 20.0. The molecule has 1 N–H and O–H groups in total. The minimum absolute atomic E-state index is 0.0666. The van der Waals surface area contributed by atoms with Gasteiger partial charge in [-0.3, -0.25) is 4.99 Å². The highest BCUT2D eigenvalue weighted by molar-refractivity contribution is 6.32. The van der Waals surface area contributed by atoms with Gasteiger partial charge in [0.1, 0.15) is 11.3 Å². The number of allylic oxidation sites excluding steroid dienone is 1. The summed E-state index contributed by atoms with van der Waals surface area (Å²) in [6, 6.07) is 15.1. The minimum atomic E-state index is -0.412. The van der Waals surface area contributed by atoms with Gasteiger partial charge >= 0.3 is 5.97 Å². The molecular weight excluding hydrogens is 442 g/mol. The third-order valence-electron chi connectivity index (χ3n) is 6.54. The summed E-state index contributed by atoms with van der Waals surface area (Å²) in [6.07, 6.45) is 7.55. The predicted molar refractivity (Wildman–Crippen MR) is 136 cm³/mol. The third-order valence-corrected chi connectivity index (χ3v) is 6.54. The van der Waals surface area contributed by atoms with Crippen molar-refractivity contribution in [3.8, 4) is 22.8 Å². The second-order valence-electron chi connectivity index (χ2n) is 8.80. The van der Waals surface area contributed by atoms with Gasteiger partial charge in [0.2, 0.25) is 0 Å². The number of nitrogens with zero attached hydrogens (tertiary/aromatic N) is 3. The van der Waals surface area contributed by atoms with Crippen LogP contribution in [0.3, 0.4) is 0 Å². The van der Waals surface area contributed by atoms with Gasteiger partial charge in [-0.05, 0) is 43.5 Å². The van der Waals surface area contributed by atoms with E-state index in [1.807, 2.05) is 42.5 Å². The molecule has 0 amide bonds. The predicted octanol–water partition coefficient (Wildman–Crippen LogP) is 5.57. The molecule has 0 unspecified atom stereocenters. The summed E-state index contributed by atoms with van der Waals surface area (Å²) in [5, 5.41) is 15.0. The van der Waals surface area contributed by atoms with Crippen molar-refractivity contribution < 1.29 is 19.4 Å². The molecule has 35 heavy (non-hydrogen) atoms. The van der Waals surface area contributed by atoms with E-state index in [1.165, 1.54) is 13.5 Å². The average Bonchev–Trinajstić information content (AvgIpc) is 3.42. The van der Waals surface area contributed by atoms with Crippen LogP contribution >= 0.6 is 0 Å². The maximum absolute atomic E-state index is 13.1. The normalized spacial score (nSPS) is 16.7. The van der Waals surface area contributed by atoms with Gasteiger partial charge < -0.3 is 14.6 Å². The van der Waals surface area contributed by atoms with E-state index in [0.717, 1.165) is 42.4 Å². The summed E-state index contributed by atoms with van der Waals surface area (Å²) in [5.41, 5.74) is 4.16. The highest BCUT2D eigenvalue weighted by Crippen LogP contribution is 2.38. The summed E-state index contributed by atoms with van der Waals surface area (Å²) in [6.45, 7) is 2.07. The van der Waals surface area contributed by atoms with Crippen molar-refractivity contribution >= 4 is 23.5 Å². The van der Waals surface area contributed by atoms with E-state index in [4.69, 9.17) is 19.6 Å². The Morgan fingerprint density at radius 3 is 2.60 bits per heavy atom. The second kappa shape index (κ2) is 9.78. The first-order valence-electron chi connectivity index (χ1n) is 12.1. The van der Waals surface area contributed by atoms with Crippen LogP contribution in [0.1, 0.15) is 60.6 Å². The Balaban J connectivity index is 1.71. The maximum Gasteiger partial charge on any atom is 0.342 e. The molecule has 1 saturated carbocycles. The first kappa shape index (κ1) is 22.9. The first-order chi connectivity index (χ1) is 17.1. The van der Waals surface area contributed by atoms with Crippen molar-refractivity contribution in [3.63, 3.8) is 0 Å². The van der Waals surface area contributed by atoms with Crippen molar-refractivity contribution in [2.75, 3.05) is 13.7 Å². The van der Waals surface area contributed by atoms with E-state index in [2.05, 4.69) is 0 Å². The molecule has 2 aromatic carbocycles. The van der Waals surface area contributed by atoms with Gasteiger partial charge in [-0.1, -0.05) is 55.7 Å². The fourth-order valence-electron chi connectivity index (χ4n) is 4.81. The zero-order chi connectivity index (χ0) is 24.4. The van der Waals surface area contributed by atoms with E-state index in [-0.39, 0.29) is 18.4 Å². The Morgan fingerprint density at radius 2 is 1.89 bits per heavy atom. The zero-order valence-electron chi connectivity index (χ0n) is 20.0. The van der Waals surface area contributed by atoms with Crippen molar-refractivity contribution in [1.29, 1.82) is 0 Å². The Morgan fingerprint density at radius 1 is 1.11 bits per heavy atom. The topological polar surface area (TPSA) is 85.9 Å². The Labute approximate surface area is 204 Å². The van der Waals surface area contributed by atoms with Gasteiger partial charge in [0.15, 0.2) is 17.3 Å². The van der Waals surface area contributed by atoms with E-state index in [1.54, 1.807) is 23.7 Å². The SMILES string of the molecule is CCOC(=O)c1c(-c2ccccc2)nn2c1C=C(c1ccc(O)c(OC)c1)C2=NC1CCCCC1. The number of aromatic hydroxyl groups is 1. The van der Waals surface area contributed by atoms with Crippen LogP contribution in [-0.2, 0) is 4.74 Å². The number of ether oxygens (including phenoxy) is 2. The lowest BCUT2D eigenvalue weighted by atomic mass is 9.95. The number of carbonyl (C=O) groups excluding carboxylic acids is 1. The van der Waals surface area contributed by atoms with Crippen LogP contribution in [-0.4, -0.2) is 46.5 Å². The van der Waals surface area contributed by atoms with Crippen LogP contribution in [0.5, 0.6) is 11.5 Å². The quantitative estimate of drug-likeness (QED) is 0.475. The van der Waals surface area contributed by atoms with Crippen LogP contribution in [0.2, 0.25) is 0 Å². The number of aliphatic imine (C=N–C) groups is 1. The molecule has 1 aliphatic heterocycles. The molecule has 3 aromatic rings. The third kappa shape index (κ3) is 4.34. The van der Waals surface area contributed by atoms with Crippen LogP contribution in [0, 0.1) is 0 Å².